The maximum absolute atomic E-state index is 11.9. The third-order valence-corrected chi connectivity index (χ3v) is 2.68. The van der Waals surface area contributed by atoms with Gasteiger partial charge in [0.05, 0.1) is 5.69 Å². The molecule has 4 nitrogen and oxygen atoms in total. The number of rotatable bonds is 1. The highest BCUT2D eigenvalue weighted by molar-refractivity contribution is 6.26. The molecule has 1 aliphatic heterocycles. The molecule has 1 aliphatic rings. The largest absolute Gasteiger partial charge is 0.373 e. The smallest absolute Gasteiger partial charge is 0.264 e. The van der Waals surface area contributed by atoms with Gasteiger partial charge in [0.15, 0.2) is 0 Å². The van der Waals surface area contributed by atoms with Crippen molar-refractivity contribution in [1.82, 2.24) is 0 Å². The Morgan fingerprint density at radius 1 is 1.33 bits per heavy atom. The normalized spacial score (nSPS) is 24.7. The molecular formula is C11H11NO3. The van der Waals surface area contributed by atoms with Crippen LogP contribution in [0.3, 0.4) is 0 Å². The van der Waals surface area contributed by atoms with Crippen LogP contribution in [0.25, 0.3) is 0 Å². The van der Waals surface area contributed by atoms with E-state index < -0.39 is 17.3 Å². The zero-order chi connectivity index (χ0) is 11.1. The molecule has 0 fully saturated rings. The highest BCUT2D eigenvalue weighted by Crippen LogP contribution is 2.29. The first-order valence-electron chi connectivity index (χ1n) is 4.77. The number of fused-ring (bicyclic) bond motifs is 1. The van der Waals surface area contributed by atoms with Crippen molar-refractivity contribution in [3.63, 3.8) is 0 Å². The number of Topliss-reactive ketones (excluding diaryl/α,β-unsaturated/α-hetero) is 1. The van der Waals surface area contributed by atoms with Crippen LogP contribution >= 0.6 is 0 Å². The number of ketones is 1. The molecule has 1 amide bonds. The topological polar surface area (TPSA) is 66.4 Å². The number of nitrogens with one attached hydrogen (secondary N) is 1. The van der Waals surface area contributed by atoms with Crippen molar-refractivity contribution in [1.29, 1.82) is 0 Å². The van der Waals surface area contributed by atoms with Crippen LogP contribution in [0.4, 0.5) is 5.69 Å². The van der Waals surface area contributed by atoms with E-state index in [9.17, 15) is 14.7 Å². The molecule has 0 bridgehead atoms. The molecular weight excluding hydrogens is 194 g/mol. The fourth-order valence-corrected chi connectivity index (χ4v) is 1.66. The number of hydrogen-bond donors (Lipinski definition) is 2. The number of carbonyl (C=O) groups is 2. The van der Waals surface area contributed by atoms with E-state index in [4.69, 9.17) is 0 Å². The van der Waals surface area contributed by atoms with Gasteiger partial charge in [-0.3, -0.25) is 9.59 Å². The Hall–Kier alpha value is -1.68. The Bertz CT molecular complexity index is 441. The van der Waals surface area contributed by atoms with Gasteiger partial charge in [0.25, 0.3) is 5.91 Å². The number of aliphatic hydroxyl groups is 1. The maximum atomic E-state index is 11.9. The van der Waals surface area contributed by atoms with Gasteiger partial charge in [-0.15, -0.1) is 0 Å². The highest BCUT2D eigenvalue weighted by Gasteiger charge is 2.46. The lowest BCUT2D eigenvalue weighted by Crippen LogP contribution is -2.52. The quantitative estimate of drug-likeness (QED) is 0.671. The van der Waals surface area contributed by atoms with Gasteiger partial charge >= 0.3 is 0 Å². The highest BCUT2D eigenvalue weighted by atomic mass is 16.3. The molecule has 0 saturated heterocycles. The lowest BCUT2D eigenvalue weighted by molar-refractivity contribution is -0.130. The molecule has 0 aromatic heterocycles. The van der Waals surface area contributed by atoms with E-state index in [1.54, 1.807) is 31.2 Å². The molecule has 15 heavy (non-hydrogen) atoms. The number of amides is 1. The number of carbonyl (C=O) groups excluding carboxylic acids is 2. The Morgan fingerprint density at radius 2 is 2.00 bits per heavy atom. The van der Waals surface area contributed by atoms with E-state index in [1.807, 2.05) is 0 Å². The van der Waals surface area contributed by atoms with Gasteiger partial charge in [-0.25, -0.2) is 0 Å². The fraction of sp³-hybridized carbons (Fsp3) is 0.273. The van der Waals surface area contributed by atoms with Gasteiger partial charge in [-0.05, 0) is 18.6 Å². The summed E-state index contributed by atoms with van der Waals surface area (Å²) >= 11 is 0. The van der Waals surface area contributed by atoms with Crippen LogP contribution in [0.2, 0.25) is 0 Å². The van der Waals surface area contributed by atoms with Crippen LogP contribution < -0.4 is 5.32 Å². The van der Waals surface area contributed by atoms with Crippen LogP contribution in [0.1, 0.15) is 23.7 Å². The third kappa shape index (κ3) is 1.26. The summed E-state index contributed by atoms with van der Waals surface area (Å²) in [7, 11) is 0. The summed E-state index contributed by atoms with van der Waals surface area (Å²) in [5, 5.41) is 12.4. The molecule has 78 valence electrons. The third-order valence-electron chi connectivity index (χ3n) is 2.68. The predicted octanol–water partition coefficient (Wildman–Crippen LogP) is 0.963. The van der Waals surface area contributed by atoms with E-state index in [0.717, 1.165) is 0 Å². The van der Waals surface area contributed by atoms with Crippen molar-refractivity contribution >= 4 is 17.4 Å². The van der Waals surface area contributed by atoms with Crippen LogP contribution in [0.15, 0.2) is 24.3 Å². The summed E-state index contributed by atoms with van der Waals surface area (Å²) in [6.45, 7) is 1.60. The standard InChI is InChI=1S/C11H11NO3/c1-2-11(15)9(13)7-5-3-4-6-8(7)12-10(11)14/h3-6,15H,2H2,1H3,(H,12,14). The first-order chi connectivity index (χ1) is 7.09. The van der Waals surface area contributed by atoms with Gasteiger partial charge in [0, 0.05) is 5.56 Å². The monoisotopic (exact) mass is 205 g/mol. The molecule has 1 aromatic carbocycles. The molecule has 0 aliphatic carbocycles. The van der Waals surface area contributed by atoms with E-state index in [1.165, 1.54) is 0 Å². The Kier molecular flexibility index (Phi) is 2.08. The van der Waals surface area contributed by atoms with E-state index in [-0.39, 0.29) is 6.42 Å². The van der Waals surface area contributed by atoms with Crippen LogP contribution in [-0.2, 0) is 4.79 Å². The summed E-state index contributed by atoms with van der Waals surface area (Å²) < 4.78 is 0. The average Bonchev–Trinajstić information content (AvgIpc) is 2.26. The average molecular weight is 205 g/mol. The SMILES string of the molecule is CCC1(O)C(=O)Nc2ccccc2C1=O. The van der Waals surface area contributed by atoms with E-state index in [2.05, 4.69) is 5.32 Å². The van der Waals surface area contributed by atoms with Crippen molar-refractivity contribution < 1.29 is 14.7 Å². The van der Waals surface area contributed by atoms with Crippen LogP contribution in [0.5, 0.6) is 0 Å². The van der Waals surface area contributed by atoms with Crippen molar-refractivity contribution in [2.75, 3.05) is 5.32 Å². The lowest BCUT2D eigenvalue weighted by atomic mass is 9.85. The second-order valence-corrected chi connectivity index (χ2v) is 3.54. The molecule has 1 unspecified atom stereocenters. The first-order valence-corrected chi connectivity index (χ1v) is 4.77. The summed E-state index contributed by atoms with van der Waals surface area (Å²) in [5.74, 6) is -1.17. The van der Waals surface area contributed by atoms with Gasteiger partial charge in [0.2, 0.25) is 11.4 Å². The molecule has 2 rings (SSSR count). The number of benzene rings is 1. The molecule has 0 spiro atoms. The minimum absolute atomic E-state index is 0.0754. The minimum Gasteiger partial charge on any atom is -0.373 e. The molecule has 1 atom stereocenters. The minimum atomic E-state index is -1.91. The molecule has 2 N–H and O–H groups in total. The van der Waals surface area contributed by atoms with Gasteiger partial charge in [0.1, 0.15) is 0 Å². The zero-order valence-electron chi connectivity index (χ0n) is 8.28. The number of anilines is 1. The molecule has 1 heterocycles. The maximum Gasteiger partial charge on any atom is 0.264 e. The zero-order valence-corrected chi connectivity index (χ0v) is 8.28. The van der Waals surface area contributed by atoms with Crippen molar-refractivity contribution in [2.45, 2.75) is 18.9 Å². The first kappa shape index (κ1) is 9.86. The summed E-state index contributed by atoms with van der Waals surface area (Å²) in [6, 6.07) is 6.66. The van der Waals surface area contributed by atoms with Gasteiger partial charge in [-0.1, -0.05) is 19.1 Å². The fourth-order valence-electron chi connectivity index (χ4n) is 1.66. The van der Waals surface area contributed by atoms with E-state index >= 15 is 0 Å². The summed E-state index contributed by atoms with van der Waals surface area (Å²) in [5.41, 5.74) is -1.08. The van der Waals surface area contributed by atoms with Crippen molar-refractivity contribution in [3.05, 3.63) is 29.8 Å². The van der Waals surface area contributed by atoms with Crippen molar-refractivity contribution in [3.8, 4) is 0 Å². The molecule has 4 heteroatoms. The second kappa shape index (κ2) is 3.17. The predicted molar refractivity (Wildman–Crippen MR) is 54.6 cm³/mol. The number of hydrogen-bond acceptors (Lipinski definition) is 3. The van der Waals surface area contributed by atoms with Gasteiger partial charge in [-0.2, -0.15) is 0 Å². The van der Waals surface area contributed by atoms with Crippen LogP contribution in [-0.4, -0.2) is 22.4 Å². The number of para-hydroxylation sites is 1. The Labute approximate surface area is 86.9 Å². The van der Waals surface area contributed by atoms with E-state index in [0.29, 0.717) is 11.3 Å². The Balaban J connectivity index is 2.57. The molecule has 1 aromatic rings. The molecule has 0 radical (unpaired) electrons. The van der Waals surface area contributed by atoms with Crippen LogP contribution in [0, 0.1) is 0 Å². The summed E-state index contributed by atoms with van der Waals surface area (Å²) in [4.78, 5) is 23.4. The second-order valence-electron chi connectivity index (χ2n) is 3.54. The van der Waals surface area contributed by atoms with Gasteiger partial charge < -0.3 is 10.4 Å². The lowest BCUT2D eigenvalue weighted by Gasteiger charge is -2.29. The molecule has 0 saturated carbocycles. The van der Waals surface area contributed by atoms with Crippen molar-refractivity contribution in [2.24, 2.45) is 0 Å². The Morgan fingerprint density at radius 3 is 2.67 bits per heavy atom. The summed E-state index contributed by atoms with van der Waals surface area (Å²) in [6.07, 6.45) is 0.0754.